The van der Waals surface area contributed by atoms with E-state index in [1.165, 1.54) is 0 Å². The summed E-state index contributed by atoms with van der Waals surface area (Å²) in [4.78, 5) is 26.7. The van der Waals surface area contributed by atoms with Gasteiger partial charge in [-0.15, -0.1) is 0 Å². The van der Waals surface area contributed by atoms with E-state index in [1.54, 1.807) is 43.5 Å². The SMILES string of the molecule is CCCNC(=O)c1cc(NC(=O)Nc2ccccc2OC)ccc1N(C)C. The maximum Gasteiger partial charge on any atom is 0.323 e. The number of hydrogen-bond acceptors (Lipinski definition) is 4. The number of nitrogens with zero attached hydrogens (tertiary/aromatic N) is 1. The minimum absolute atomic E-state index is 0.172. The largest absolute Gasteiger partial charge is 0.495 e. The Balaban J connectivity index is 2.18. The Morgan fingerprint density at radius 3 is 2.48 bits per heavy atom. The molecule has 3 amide bonds. The van der Waals surface area contributed by atoms with Gasteiger partial charge in [0.2, 0.25) is 0 Å². The third kappa shape index (κ3) is 5.37. The summed E-state index contributed by atoms with van der Waals surface area (Å²) < 4.78 is 5.23. The van der Waals surface area contributed by atoms with Crippen molar-refractivity contribution in [3.05, 3.63) is 48.0 Å². The fourth-order valence-corrected chi connectivity index (χ4v) is 2.55. The van der Waals surface area contributed by atoms with Gasteiger partial charge in [0.15, 0.2) is 0 Å². The molecule has 2 rings (SSSR count). The molecule has 0 saturated carbocycles. The Hall–Kier alpha value is -3.22. The predicted molar refractivity (Wildman–Crippen MR) is 109 cm³/mol. The number of ether oxygens (including phenoxy) is 1. The summed E-state index contributed by atoms with van der Waals surface area (Å²) in [7, 11) is 5.28. The molecule has 0 atom stereocenters. The van der Waals surface area contributed by atoms with Crippen LogP contribution in [0.1, 0.15) is 23.7 Å². The minimum Gasteiger partial charge on any atom is -0.495 e. The Labute approximate surface area is 159 Å². The molecule has 0 radical (unpaired) electrons. The zero-order valence-electron chi connectivity index (χ0n) is 16.1. The fraction of sp³-hybridized carbons (Fsp3) is 0.300. The second-order valence-electron chi connectivity index (χ2n) is 6.16. The third-order valence-electron chi connectivity index (χ3n) is 3.87. The van der Waals surface area contributed by atoms with Gasteiger partial charge >= 0.3 is 6.03 Å². The van der Waals surface area contributed by atoms with E-state index in [1.807, 2.05) is 32.0 Å². The summed E-state index contributed by atoms with van der Waals surface area (Å²) in [6.45, 7) is 2.59. The highest BCUT2D eigenvalue weighted by molar-refractivity contribution is 6.04. The molecule has 3 N–H and O–H groups in total. The van der Waals surface area contributed by atoms with Crippen molar-refractivity contribution in [1.29, 1.82) is 0 Å². The molecule has 0 aromatic heterocycles. The molecule has 0 aliphatic carbocycles. The number of carbonyl (C=O) groups is 2. The number of amides is 3. The van der Waals surface area contributed by atoms with E-state index < -0.39 is 6.03 Å². The molecule has 0 unspecified atom stereocenters. The molecule has 7 heteroatoms. The lowest BCUT2D eigenvalue weighted by Crippen LogP contribution is -2.27. The van der Waals surface area contributed by atoms with Crippen LogP contribution in [0.25, 0.3) is 0 Å². The molecule has 0 saturated heterocycles. The summed E-state index contributed by atoms with van der Waals surface area (Å²) in [5.41, 5.74) is 2.36. The van der Waals surface area contributed by atoms with Crippen LogP contribution in [0.3, 0.4) is 0 Å². The van der Waals surface area contributed by atoms with Crippen molar-refractivity contribution < 1.29 is 14.3 Å². The van der Waals surface area contributed by atoms with E-state index in [0.717, 1.165) is 12.1 Å². The van der Waals surface area contributed by atoms with E-state index in [2.05, 4.69) is 16.0 Å². The number of nitrogens with one attached hydrogen (secondary N) is 3. The summed E-state index contributed by atoms with van der Waals surface area (Å²) in [5.74, 6) is 0.393. The van der Waals surface area contributed by atoms with Gasteiger partial charge in [-0.2, -0.15) is 0 Å². The van der Waals surface area contributed by atoms with E-state index in [9.17, 15) is 9.59 Å². The quantitative estimate of drug-likeness (QED) is 0.696. The first-order valence-electron chi connectivity index (χ1n) is 8.76. The zero-order chi connectivity index (χ0) is 19.8. The molecule has 144 valence electrons. The third-order valence-corrected chi connectivity index (χ3v) is 3.87. The molecule has 27 heavy (non-hydrogen) atoms. The van der Waals surface area contributed by atoms with Gasteiger partial charge in [0, 0.05) is 32.0 Å². The Morgan fingerprint density at radius 2 is 1.81 bits per heavy atom. The maximum absolute atomic E-state index is 12.5. The molecule has 0 heterocycles. The van der Waals surface area contributed by atoms with Crippen LogP contribution in [0.5, 0.6) is 5.75 Å². The number of para-hydroxylation sites is 2. The smallest absolute Gasteiger partial charge is 0.323 e. The number of benzene rings is 2. The van der Waals surface area contributed by atoms with Crippen LogP contribution < -0.4 is 25.6 Å². The van der Waals surface area contributed by atoms with Gasteiger partial charge in [-0.25, -0.2) is 4.79 Å². The van der Waals surface area contributed by atoms with Gasteiger partial charge in [-0.1, -0.05) is 19.1 Å². The van der Waals surface area contributed by atoms with E-state index >= 15 is 0 Å². The average Bonchev–Trinajstić information content (AvgIpc) is 2.66. The summed E-state index contributed by atoms with van der Waals surface area (Å²) in [5, 5.41) is 8.37. The molecule has 0 bridgehead atoms. The van der Waals surface area contributed by atoms with Crippen LogP contribution >= 0.6 is 0 Å². The molecule has 0 spiro atoms. The van der Waals surface area contributed by atoms with Crippen molar-refractivity contribution in [3.63, 3.8) is 0 Å². The van der Waals surface area contributed by atoms with Crippen LogP contribution in [0, 0.1) is 0 Å². The number of methoxy groups -OCH3 is 1. The van der Waals surface area contributed by atoms with E-state index in [0.29, 0.717) is 29.2 Å². The van der Waals surface area contributed by atoms with E-state index in [-0.39, 0.29) is 5.91 Å². The minimum atomic E-state index is -0.419. The zero-order valence-corrected chi connectivity index (χ0v) is 16.1. The molecule has 2 aromatic carbocycles. The standard InChI is InChI=1S/C20H26N4O3/c1-5-12-21-19(25)15-13-14(10-11-17(15)24(2)3)22-20(26)23-16-8-6-7-9-18(16)27-4/h6-11,13H,5,12H2,1-4H3,(H,21,25)(H2,22,23,26). The van der Waals surface area contributed by atoms with Crippen molar-refractivity contribution >= 4 is 29.0 Å². The first-order chi connectivity index (χ1) is 13.0. The van der Waals surface area contributed by atoms with Crippen LogP contribution in [-0.4, -0.2) is 39.7 Å². The number of carbonyl (C=O) groups excluding carboxylic acids is 2. The van der Waals surface area contributed by atoms with Crippen molar-refractivity contribution in [3.8, 4) is 5.75 Å². The van der Waals surface area contributed by atoms with Crippen molar-refractivity contribution in [2.45, 2.75) is 13.3 Å². The predicted octanol–water partition coefficient (Wildman–Crippen LogP) is 3.55. The van der Waals surface area contributed by atoms with Gasteiger partial charge < -0.3 is 25.6 Å². The molecular formula is C20H26N4O3. The monoisotopic (exact) mass is 370 g/mol. The number of anilines is 3. The first kappa shape index (κ1) is 20.1. The number of rotatable bonds is 7. The Morgan fingerprint density at radius 1 is 1.07 bits per heavy atom. The summed E-state index contributed by atoms with van der Waals surface area (Å²) in [6.07, 6.45) is 0.849. The van der Waals surface area contributed by atoms with Crippen LogP contribution in [0.2, 0.25) is 0 Å². The van der Waals surface area contributed by atoms with Gasteiger partial charge in [-0.05, 0) is 36.8 Å². The van der Waals surface area contributed by atoms with Crippen molar-refractivity contribution in [2.24, 2.45) is 0 Å². The van der Waals surface area contributed by atoms with Gasteiger partial charge in [0.1, 0.15) is 5.75 Å². The molecule has 0 aliphatic rings. The van der Waals surface area contributed by atoms with Crippen LogP contribution in [0.15, 0.2) is 42.5 Å². The van der Waals surface area contributed by atoms with E-state index in [4.69, 9.17) is 4.74 Å². The molecule has 2 aromatic rings. The molecule has 7 nitrogen and oxygen atoms in total. The van der Waals surface area contributed by atoms with Crippen molar-refractivity contribution in [2.75, 3.05) is 43.3 Å². The summed E-state index contributed by atoms with van der Waals surface area (Å²) in [6, 6.07) is 11.9. The van der Waals surface area contributed by atoms with Gasteiger partial charge in [0.25, 0.3) is 5.91 Å². The van der Waals surface area contributed by atoms with Gasteiger partial charge in [-0.3, -0.25) is 4.79 Å². The number of urea groups is 1. The van der Waals surface area contributed by atoms with Crippen LogP contribution in [-0.2, 0) is 0 Å². The highest BCUT2D eigenvalue weighted by Gasteiger charge is 2.15. The first-order valence-corrected chi connectivity index (χ1v) is 8.76. The van der Waals surface area contributed by atoms with Crippen LogP contribution in [0.4, 0.5) is 21.9 Å². The lowest BCUT2D eigenvalue weighted by molar-refractivity contribution is 0.0954. The molecule has 0 fully saturated rings. The molecule has 0 aliphatic heterocycles. The normalized spacial score (nSPS) is 10.1. The Bertz CT molecular complexity index is 806. The second-order valence-corrected chi connectivity index (χ2v) is 6.16. The van der Waals surface area contributed by atoms with Crippen molar-refractivity contribution in [1.82, 2.24) is 5.32 Å². The Kier molecular flexibility index (Phi) is 7.05. The fourth-order valence-electron chi connectivity index (χ4n) is 2.55. The molecular weight excluding hydrogens is 344 g/mol. The van der Waals surface area contributed by atoms with Gasteiger partial charge in [0.05, 0.1) is 18.4 Å². The highest BCUT2D eigenvalue weighted by atomic mass is 16.5. The maximum atomic E-state index is 12.5. The average molecular weight is 370 g/mol. The number of hydrogen-bond donors (Lipinski definition) is 3. The second kappa shape index (κ2) is 9.47. The highest BCUT2D eigenvalue weighted by Crippen LogP contribution is 2.25. The lowest BCUT2D eigenvalue weighted by Gasteiger charge is -2.18. The summed E-state index contributed by atoms with van der Waals surface area (Å²) >= 11 is 0. The lowest BCUT2D eigenvalue weighted by atomic mass is 10.1. The topological polar surface area (TPSA) is 82.7 Å².